The lowest BCUT2D eigenvalue weighted by molar-refractivity contribution is 0.660. The molecule has 1 aliphatic rings. The highest BCUT2D eigenvalue weighted by Gasteiger charge is 2.35. The van der Waals surface area contributed by atoms with Gasteiger partial charge in [-0.1, -0.05) is 159 Å². The Morgan fingerprint density at radius 3 is 1.79 bits per heavy atom. The van der Waals surface area contributed by atoms with Crippen LogP contribution in [0.2, 0.25) is 0 Å². The standard InChI is InChI=1S/C48H33N3O/c1-48(2)41-21-10-8-16-35(41)36-28-27-33(29-42(36)48)30-23-25-32(26-24-30)45-49-46(39-18-7-6-15-34(39)31-13-4-3-5-14-31)51-47(50-45)40-20-12-19-38-37-17-9-11-22-43(37)52-44(38)40/h3-29H,1-2H3. The molecule has 2 aromatic heterocycles. The molecule has 0 spiro atoms. The molecule has 9 aromatic rings. The van der Waals surface area contributed by atoms with Crippen molar-refractivity contribution in [1.82, 2.24) is 15.0 Å². The molecule has 4 heteroatoms. The number of rotatable bonds is 5. The maximum atomic E-state index is 6.45. The van der Waals surface area contributed by atoms with E-state index in [2.05, 4.69) is 135 Å². The first kappa shape index (κ1) is 30.2. The summed E-state index contributed by atoms with van der Waals surface area (Å²) in [4.78, 5) is 15.4. The molecule has 2 heterocycles. The number of aromatic nitrogens is 3. The first-order valence-electron chi connectivity index (χ1n) is 17.7. The minimum Gasteiger partial charge on any atom is -0.455 e. The highest BCUT2D eigenvalue weighted by molar-refractivity contribution is 6.09. The van der Waals surface area contributed by atoms with Crippen LogP contribution in [0.1, 0.15) is 25.0 Å². The van der Waals surface area contributed by atoms with E-state index in [9.17, 15) is 0 Å². The third-order valence-corrected chi connectivity index (χ3v) is 10.6. The lowest BCUT2D eigenvalue weighted by Gasteiger charge is -2.22. The van der Waals surface area contributed by atoms with E-state index in [0.717, 1.165) is 55.3 Å². The van der Waals surface area contributed by atoms with Gasteiger partial charge in [-0.2, -0.15) is 0 Å². The van der Waals surface area contributed by atoms with Crippen molar-refractivity contribution in [3.05, 3.63) is 175 Å². The highest BCUT2D eigenvalue weighted by Crippen LogP contribution is 2.49. The van der Waals surface area contributed by atoms with Crippen LogP contribution in [0.3, 0.4) is 0 Å². The Morgan fingerprint density at radius 1 is 0.385 bits per heavy atom. The van der Waals surface area contributed by atoms with Gasteiger partial charge in [-0.15, -0.1) is 0 Å². The van der Waals surface area contributed by atoms with Gasteiger partial charge in [0.2, 0.25) is 0 Å². The summed E-state index contributed by atoms with van der Waals surface area (Å²) in [6, 6.07) is 57.2. The zero-order valence-corrected chi connectivity index (χ0v) is 28.8. The molecule has 0 unspecified atom stereocenters. The SMILES string of the molecule is CC1(C)c2ccccc2-c2ccc(-c3ccc(-c4nc(-c5ccccc5-c5ccccc5)nc(-c5cccc6c5oc5ccccc56)n4)cc3)cc21. The van der Waals surface area contributed by atoms with E-state index in [4.69, 9.17) is 19.4 Å². The summed E-state index contributed by atoms with van der Waals surface area (Å²) in [5.41, 5.74) is 14.1. The minimum atomic E-state index is -0.0572. The lowest BCUT2D eigenvalue weighted by Crippen LogP contribution is -2.14. The Labute approximate surface area is 302 Å². The summed E-state index contributed by atoms with van der Waals surface area (Å²) in [7, 11) is 0. The monoisotopic (exact) mass is 667 g/mol. The summed E-state index contributed by atoms with van der Waals surface area (Å²) in [6.45, 7) is 4.64. The normalized spacial score (nSPS) is 13.0. The number of furan rings is 1. The predicted octanol–water partition coefficient (Wildman–Crippen LogP) is 12.4. The lowest BCUT2D eigenvalue weighted by atomic mass is 9.81. The van der Waals surface area contributed by atoms with Crippen LogP contribution in [0.15, 0.2) is 168 Å². The van der Waals surface area contributed by atoms with Crippen molar-refractivity contribution >= 4 is 21.9 Å². The minimum absolute atomic E-state index is 0.0572. The summed E-state index contributed by atoms with van der Waals surface area (Å²) in [5.74, 6) is 1.78. The Bertz CT molecular complexity index is 2810. The van der Waals surface area contributed by atoms with Gasteiger partial charge >= 0.3 is 0 Å². The second-order valence-electron chi connectivity index (χ2n) is 14.0. The zero-order valence-electron chi connectivity index (χ0n) is 28.8. The molecular formula is C48H33N3O. The van der Waals surface area contributed by atoms with Crippen LogP contribution in [0.4, 0.5) is 0 Å². The van der Waals surface area contributed by atoms with E-state index in [1.165, 1.54) is 27.8 Å². The second-order valence-corrected chi connectivity index (χ2v) is 14.0. The van der Waals surface area contributed by atoms with E-state index < -0.39 is 0 Å². The third-order valence-electron chi connectivity index (χ3n) is 10.6. The molecule has 0 bridgehead atoms. The topological polar surface area (TPSA) is 51.8 Å². The van der Waals surface area contributed by atoms with Gasteiger partial charge in [0.1, 0.15) is 11.2 Å². The molecule has 0 atom stereocenters. The third kappa shape index (κ3) is 4.79. The van der Waals surface area contributed by atoms with E-state index in [1.54, 1.807) is 0 Å². The van der Waals surface area contributed by atoms with Gasteiger partial charge in [-0.25, -0.2) is 15.0 Å². The number of hydrogen-bond donors (Lipinski definition) is 0. The van der Waals surface area contributed by atoms with Crippen molar-refractivity contribution in [2.24, 2.45) is 0 Å². The molecule has 10 rings (SSSR count). The Hall–Kier alpha value is -6.65. The molecule has 246 valence electrons. The van der Waals surface area contributed by atoms with Crippen LogP contribution in [-0.4, -0.2) is 15.0 Å². The van der Waals surface area contributed by atoms with Gasteiger partial charge < -0.3 is 4.42 Å². The van der Waals surface area contributed by atoms with Crippen molar-refractivity contribution in [1.29, 1.82) is 0 Å². The average Bonchev–Trinajstić information content (AvgIpc) is 3.70. The number of nitrogens with zero attached hydrogens (tertiary/aromatic N) is 3. The van der Waals surface area contributed by atoms with Crippen molar-refractivity contribution < 1.29 is 4.42 Å². The largest absolute Gasteiger partial charge is 0.455 e. The van der Waals surface area contributed by atoms with Crippen molar-refractivity contribution in [3.8, 4) is 67.5 Å². The fourth-order valence-electron chi connectivity index (χ4n) is 7.91. The van der Waals surface area contributed by atoms with E-state index in [1.807, 2.05) is 42.5 Å². The Balaban J connectivity index is 1.11. The molecule has 0 radical (unpaired) electrons. The van der Waals surface area contributed by atoms with Crippen LogP contribution in [0.25, 0.3) is 89.5 Å². The molecule has 1 aliphatic carbocycles. The first-order chi connectivity index (χ1) is 25.5. The van der Waals surface area contributed by atoms with Crippen LogP contribution >= 0.6 is 0 Å². The maximum absolute atomic E-state index is 6.45. The van der Waals surface area contributed by atoms with Gasteiger partial charge in [0.15, 0.2) is 17.5 Å². The molecule has 0 saturated carbocycles. The molecule has 0 amide bonds. The first-order valence-corrected chi connectivity index (χ1v) is 17.7. The van der Waals surface area contributed by atoms with E-state index in [0.29, 0.717) is 17.5 Å². The molecule has 0 saturated heterocycles. The van der Waals surface area contributed by atoms with Crippen LogP contribution in [0.5, 0.6) is 0 Å². The van der Waals surface area contributed by atoms with Crippen LogP contribution < -0.4 is 0 Å². The molecule has 0 fully saturated rings. The van der Waals surface area contributed by atoms with Gasteiger partial charge in [0.25, 0.3) is 0 Å². The summed E-state index contributed by atoms with van der Waals surface area (Å²) in [5, 5.41) is 2.10. The molecular weight excluding hydrogens is 635 g/mol. The fourth-order valence-corrected chi connectivity index (χ4v) is 7.91. The smallest absolute Gasteiger partial charge is 0.167 e. The fraction of sp³-hybridized carbons (Fsp3) is 0.0625. The zero-order chi connectivity index (χ0) is 34.8. The number of para-hydroxylation sites is 2. The molecule has 52 heavy (non-hydrogen) atoms. The Morgan fingerprint density at radius 2 is 0.962 bits per heavy atom. The van der Waals surface area contributed by atoms with Gasteiger partial charge in [0, 0.05) is 27.3 Å². The predicted molar refractivity (Wildman–Crippen MR) is 212 cm³/mol. The van der Waals surface area contributed by atoms with Crippen molar-refractivity contribution in [2.45, 2.75) is 19.3 Å². The maximum Gasteiger partial charge on any atom is 0.167 e. The number of hydrogen-bond acceptors (Lipinski definition) is 4. The van der Waals surface area contributed by atoms with Gasteiger partial charge in [0.05, 0.1) is 5.56 Å². The molecule has 0 N–H and O–H groups in total. The van der Waals surface area contributed by atoms with E-state index >= 15 is 0 Å². The van der Waals surface area contributed by atoms with Gasteiger partial charge in [-0.05, 0) is 62.7 Å². The summed E-state index contributed by atoms with van der Waals surface area (Å²) in [6.07, 6.45) is 0. The quantitative estimate of drug-likeness (QED) is 0.183. The molecule has 4 nitrogen and oxygen atoms in total. The second kappa shape index (κ2) is 11.7. The average molecular weight is 668 g/mol. The highest BCUT2D eigenvalue weighted by atomic mass is 16.3. The van der Waals surface area contributed by atoms with Crippen molar-refractivity contribution in [3.63, 3.8) is 0 Å². The molecule has 7 aromatic carbocycles. The molecule has 0 aliphatic heterocycles. The number of benzene rings is 7. The van der Waals surface area contributed by atoms with Crippen LogP contribution in [-0.2, 0) is 5.41 Å². The Kier molecular flexibility index (Phi) is 6.80. The summed E-state index contributed by atoms with van der Waals surface area (Å²) < 4.78 is 6.45. The van der Waals surface area contributed by atoms with E-state index in [-0.39, 0.29) is 5.41 Å². The van der Waals surface area contributed by atoms with Crippen LogP contribution in [0, 0.1) is 0 Å². The number of fused-ring (bicyclic) bond motifs is 6. The summed E-state index contributed by atoms with van der Waals surface area (Å²) >= 11 is 0. The van der Waals surface area contributed by atoms with Crippen molar-refractivity contribution in [2.75, 3.05) is 0 Å². The van der Waals surface area contributed by atoms with Gasteiger partial charge in [-0.3, -0.25) is 0 Å².